The summed E-state index contributed by atoms with van der Waals surface area (Å²) < 4.78 is 6.03. The molecule has 1 aromatic rings. The van der Waals surface area contributed by atoms with Gasteiger partial charge >= 0.3 is 0 Å². The van der Waals surface area contributed by atoms with E-state index in [1.807, 2.05) is 19.9 Å². The summed E-state index contributed by atoms with van der Waals surface area (Å²) >= 11 is 3.35. The van der Waals surface area contributed by atoms with Crippen LogP contribution in [-0.2, 0) is 4.79 Å². The van der Waals surface area contributed by atoms with E-state index in [1.54, 1.807) is 17.0 Å². The third-order valence-corrected chi connectivity index (χ3v) is 3.83. The molecule has 19 heavy (non-hydrogen) atoms. The van der Waals surface area contributed by atoms with E-state index in [2.05, 4.69) is 15.9 Å². The quantitative estimate of drug-likeness (QED) is 0.839. The maximum Gasteiger partial charge on any atom is 0.258 e. The molecule has 102 valence electrons. The lowest BCUT2D eigenvalue weighted by Crippen LogP contribution is -2.42. The van der Waals surface area contributed by atoms with E-state index in [4.69, 9.17) is 4.74 Å². The van der Waals surface area contributed by atoms with E-state index in [-0.39, 0.29) is 18.2 Å². The Morgan fingerprint density at radius 1 is 1.42 bits per heavy atom. The third-order valence-electron chi connectivity index (χ3n) is 3.33. The number of carbonyl (C=O) groups is 2. The minimum Gasteiger partial charge on any atom is -0.496 e. The first-order valence-corrected chi connectivity index (χ1v) is 6.81. The highest BCUT2D eigenvalue weighted by Crippen LogP contribution is 2.31. The Kier molecular flexibility index (Phi) is 3.67. The Balaban J connectivity index is 2.39. The number of methoxy groups -OCH3 is 1. The van der Waals surface area contributed by atoms with Crippen molar-refractivity contribution < 1.29 is 14.3 Å². The largest absolute Gasteiger partial charge is 0.496 e. The van der Waals surface area contributed by atoms with Gasteiger partial charge in [0.2, 0.25) is 0 Å². The zero-order valence-corrected chi connectivity index (χ0v) is 12.8. The third kappa shape index (κ3) is 2.66. The van der Waals surface area contributed by atoms with Crippen molar-refractivity contribution in [3.05, 3.63) is 28.2 Å². The summed E-state index contributed by atoms with van der Waals surface area (Å²) in [5.41, 5.74) is 0.0289. The molecule has 2 rings (SSSR count). The Hall–Kier alpha value is -1.36. The molecule has 0 saturated carbocycles. The molecule has 1 aliphatic rings. The van der Waals surface area contributed by atoms with Gasteiger partial charge in [0, 0.05) is 16.4 Å². The number of Topliss-reactive ketones (excluding diaryl/α,β-unsaturated/α-hetero) is 1. The monoisotopic (exact) mass is 325 g/mol. The number of ether oxygens (including phenoxy) is 1. The van der Waals surface area contributed by atoms with Crippen LogP contribution in [0.25, 0.3) is 0 Å². The topological polar surface area (TPSA) is 46.6 Å². The Morgan fingerprint density at radius 3 is 2.63 bits per heavy atom. The summed E-state index contributed by atoms with van der Waals surface area (Å²) in [6.07, 6.45) is 0.398. The Labute approximate surface area is 120 Å². The van der Waals surface area contributed by atoms with Crippen molar-refractivity contribution in [3.63, 3.8) is 0 Å². The fourth-order valence-corrected chi connectivity index (χ4v) is 2.72. The predicted molar refractivity (Wildman–Crippen MR) is 75.4 cm³/mol. The molecule has 0 aromatic heterocycles. The molecule has 1 amide bonds. The van der Waals surface area contributed by atoms with Crippen LogP contribution in [0.2, 0.25) is 0 Å². The normalized spacial score (nSPS) is 17.7. The van der Waals surface area contributed by atoms with Gasteiger partial charge in [-0.15, -0.1) is 0 Å². The second kappa shape index (κ2) is 4.96. The highest BCUT2D eigenvalue weighted by molar-refractivity contribution is 9.10. The first-order chi connectivity index (χ1) is 8.85. The van der Waals surface area contributed by atoms with Crippen LogP contribution in [0.15, 0.2) is 22.7 Å². The summed E-state index contributed by atoms with van der Waals surface area (Å²) in [7, 11) is 1.53. The summed E-state index contributed by atoms with van der Waals surface area (Å²) in [4.78, 5) is 25.8. The van der Waals surface area contributed by atoms with Crippen molar-refractivity contribution in [3.8, 4) is 5.75 Å². The van der Waals surface area contributed by atoms with Gasteiger partial charge in [-0.3, -0.25) is 9.59 Å². The molecule has 1 heterocycles. The van der Waals surface area contributed by atoms with E-state index in [0.717, 1.165) is 4.47 Å². The van der Waals surface area contributed by atoms with Crippen LogP contribution < -0.4 is 4.74 Å². The van der Waals surface area contributed by atoms with Crippen LogP contribution in [0.5, 0.6) is 5.75 Å². The number of benzene rings is 1. The standard InChI is InChI=1S/C14H16BrNO3/c1-14(2)7-10(17)8-16(14)13(18)11-6-9(15)4-5-12(11)19-3/h4-6H,7-8H2,1-3H3. The maximum atomic E-state index is 12.6. The van der Waals surface area contributed by atoms with Gasteiger partial charge in [-0.1, -0.05) is 15.9 Å². The van der Waals surface area contributed by atoms with Crippen LogP contribution in [0.3, 0.4) is 0 Å². The van der Waals surface area contributed by atoms with Crippen LogP contribution >= 0.6 is 15.9 Å². The SMILES string of the molecule is COc1ccc(Br)cc1C(=O)N1CC(=O)CC1(C)C. The van der Waals surface area contributed by atoms with Gasteiger partial charge in [0.15, 0.2) is 5.78 Å². The average molecular weight is 326 g/mol. The molecule has 1 fully saturated rings. The number of halogens is 1. The number of rotatable bonds is 2. The lowest BCUT2D eigenvalue weighted by Gasteiger charge is -2.31. The maximum absolute atomic E-state index is 12.6. The molecule has 0 atom stereocenters. The minimum atomic E-state index is -0.443. The van der Waals surface area contributed by atoms with Gasteiger partial charge in [-0.25, -0.2) is 0 Å². The first-order valence-electron chi connectivity index (χ1n) is 6.02. The molecule has 0 spiro atoms. The second-order valence-corrected chi connectivity index (χ2v) is 6.18. The number of ketones is 1. The number of hydrogen-bond acceptors (Lipinski definition) is 3. The second-order valence-electron chi connectivity index (χ2n) is 5.26. The van der Waals surface area contributed by atoms with E-state index >= 15 is 0 Å². The number of nitrogens with zero attached hydrogens (tertiary/aromatic N) is 1. The molecule has 4 nitrogen and oxygen atoms in total. The number of carbonyl (C=O) groups excluding carboxylic acids is 2. The van der Waals surface area contributed by atoms with Crippen molar-refractivity contribution in [2.24, 2.45) is 0 Å². The van der Waals surface area contributed by atoms with Crippen molar-refractivity contribution >= 4 is 27.6 Å². The van der Waals surface area contributed by atoms with E-state index in [1.165, 1.54) is 7.11 Å². The lowest BCUT2D eigenvalue weighted by molar-refractivity contribution is -0.116. The Morgan fingerprint density at radius 2 is 2.11 bits per heavy atom. The van der Waals surface area contributed by atoms with Crippen molar-refractivity contribution in [1.82, 2.24) is 4.90 Å². The molecule has 0 aliphatic carbocycles. The van der Waals surface area contributed by atoms with Gasteiger partial charge in [0.25, 0.3) is 5.91 Å². The van der Waals surface area contributed by atoms with E-state index in [0.29, 0.717) is 17.7 Å². The summed E-state index contributed by atoms with van der Waals surface area (Å²) in [6, 6.07) is 5.28. The molecule has 0 N–H and O–H groups in total. The fourth-order valence-electron chi connectivity index (χ4n) is 2.36. The lowest BCUT2D eigenvalue weighted by atomic mass is 10.0. The molecular formula is C14H16BrNO3. The van der Waals surface area contributed by atoms with Crippen molar-refractivity contribution in [2.45, 2.75) is 25.8 Å². The predicted octanol–water partition coefficient (Wildman–Crippen LogP) is 2.65. The molecule has 0 radical (unpaired) electrons. The van der Waals surface area contributed by atoms with Crippen molar-refractivity contribution in [2.75, 3.05) is 13.7 Å². The Bertz CT molecular complexity index is 539. The zero-order valence-electron chi connectivity index (χ0n) is 11.2. The molecule has 0 bridgehead atoms. The smallest absolute Gasteiger partial charge is 0.258 e. The fraction of sp³-hybridized carbons (Fsp3) is 0.429. The molecule has 1 saturated heterocycles. The van der Waals surface area contributed by atoms with E-state index < -0.39 is 5.54 Å². The van der Waals surface area contributed by atoms with Crippen LogP contribution in [0.4, 0.5) is 0 Å². The van der Waals surface area contributed by atoms with Gasteiger partial charge in [-0.2, -0.15) is 0 Å². The summed E-state index contributed by atoms with van der Waals surface area (Å²) in [5, 5.41) is 0. The first kappa shape index (κ1) is 14.1. The highest BCUT2D eigenvalue weighted by atomic mass is 79.9. The van der Waals surface area contributed by atoms with Crippen LogP contribution in [-0.4, -0.2) is 35.8 Å². The van der Waals surface area contributed by atoms with Crippen LogP contribution in [0, 0.1) is 0 Å². The van der Waals surface area contributed by atoms with E-state index in [9.17, 15) is 9.59 Å². The minimum absolute atomic E-state index is 0.0901. The molecular weight excluding hydrogens is 310 g/mol. The molecule has 1 aliphatic heterocycles. The average Bonchev–Trinajstić information content (AvgIpc) is 2.61. The summed E-state index contributed by atoms with van der Waals surface area (Å²) in [5.74, 6) is 0.435. The summed E-state index contributed by atoms with van der Waals surface area (Å²) in [6.45, 7) is 3.97. The molecule has 0 unspecified atom stereocenters. The van der Waals surface area contributed by atoms with Gasteiger partial charge in [0.05, 0.1) is 19.2 Å². The van der Waals surface area contributed by atoms with Gasteiger partial charge in [-0.05, 0) is 32.0 Å². The van der Waals surface area contributed by atoms with Crippen LogP contribution in [0.1, 0.15) is 30.6 Å². The van der Waals surface area contributed by atoms with Gasteiger partial charge in [0.1, 0.15) is 5.75 Å². The highest BCUT2D eigenvalue weighted by Gasteiger charge is 2.41. The zero-order chi connectivity index (χ0) is 14.2. The van der Waals surface area contributed by atoms with Crippen molar-refractivity contribution in [1.29, 1.82) is 0 Å². The molecule has 1 aromatic carbocycles. The number of likely N-dealkylation sites (tertiary alicyclic amines) is 1. The number of amides is 1. The number of hydrogen-bond donors (Lipinski definition) is 0. The van der Waals surface area contributed by atoms with Gasteiger partial charge < -0.3 is 9.64 Å². The molecule has 5 heteroatoms.